The van der Waals surface area contributed by atoms with Crippen LogP contribution in [0, 0.1) is 0 Å². The van der Waals surface area contributed by atoms with E-state index in [1.807, 2.05) is 23.2 Å². The number of aromatic carboxylic acids is 1. The second-order valence-electron chi connectivity index (χ2n) is 8.60. The van der Waals surface area contributed by atoms with Crippen LogP contribution in [0.25, 0.3) is 11.6 Å². The summed E-state index contributed by atoms with van der Waals surface area (Å²) >= 11 is 17.8. The zero-order chi connectivity index (χ0) is 32.7. The number of nitrogens with one attached hydrogen (secondary N) is 3. The Bertz CT molecular complexity index is 2140. The Balaban J connectivity index is 0.000000222. The Morgan fingerprint density at radius 3 is 1.76 bits per heavy atom. The van der Waals surface area contributed by atoms with Gasteiger partial charge in [0.15, 0.2) is 17.3 Å². The first kappa shape index (κ1) is 32.5. The standard InChI is InChI=1S/C17H13Cl2N5O3.C9H5ClN4O4/c18-11-4-2-1-3-10(11)7-8-20-16(26)15-12(19)5-6-13(22-15)24-17(27)23-14(25)9-21-24;10-4-1-2-5(12-7(4)8(16)17)14-9(18)13-6(15)3-11-14/h1-6,9H,7-8H2,(H,20,26)(H,23,25,27);1-3H,(H,16,17)(H,13,15,18). The number of carbonyl (C=O) groups excluding carboxylic acids is 1. The third kappa shape index (κ3) is 8.14. The molecule has 0 aliphatic rings. The Kier molecular flexibility index (Phi) is 10.4. The molecule has 0 saturated heterocycles. The van der Waals surface area contributed by atoms with Crippen LogP contribution < -0.4 is 27.8 Å². The maximum absolute atomic E-state index is 12.4. The maximum Gasteiger partial charge on any atom is 0.356 e. The summed E-state index contributed by atoms with van der Waals surface area (Å²) in [6.45, 7) is 0.321. The van der Waals surface area contributed by atoms with E-state index in [1.165, 1.54) is 24.3 Å². The molecule has 0 bridgehead atoms. The lowest BCUT2D eigenvalue weighted by atomic mass is 10.1. The van der Waals surface area contributed by atoms with Gasteiger partial charge in [-0.25, -0.2) is 24.4 Å². The Morgan fingerprint density at radius 2 is 1.24 bits per heavy atom. The molecule has 0 saturated carbocycles. The number of amides is 1. The third-order valence-electron chi connectivity index (χ3n) is 5.58. The summed E-state index contributed by atoms with van der Waals surface area (Å²) in [5.74, 6) is -1.85. The van der Waals surface area contributed by atoms with Crippen molar-refractivity contribution in [2.75, 3.05) is 6.54 Å². The summed E-state index contributed by atoms with van der Waals surface area (Å²) in [4.78, 5) is 80.2. The van der Waals surface area contributed by atoms with E-state index < -0.39 is 40.1 Å². The SMILES string of the molecule is O=C(NCCc1ccccc1Cl)c1nc(-n2ncc(=O)[nH]c2=O)ccc1Cl.O=C(O)c1nc(-n2ncc(=O)[nH]c2=O)ccc1Cl. The number of benzene rings is 1. The summed E-state index contributed by atoms with van der Waals surface area (Å²) in [5.41, 5.74) is -2.47. The lowest BCUT2D eigenvalue weighted by molar-refractivity contribution is 0.0690. The van der Waals surface area contributed by atoms with Crippen molar-refractivity contribution in [1.82, 2.24) is 44.8 Å². The molecule has 19 heteroatoms. The number of H-pyrrole nitrogens is 2. The van der Waals surface area contributed by atoms with Gasteiger partial charge in [-0.2, -0.15) is 19.6 Å². The predicted octanol–water partition coefficient (Wildman–Crippen LogP) is 1.26. The molecule has 5 aromatic rings. The highest BCUT2D eigenvalue weighted by molar-refractivity contribution is 6.33. The van der Waals surface area contributed by atoms with Crippen LogP contribution in [0.15, 0.2) is 80.1 Å². The lowest BCUT2D eigenvalue weighted by Gasteiger charge is -2.09. The summed E-state index contributed by atoms with van der Waals surface area (Å²) in [7, 11) is 0. The molecule has 0 radical (unpaired) electrons. The van der Waals surface area contributed by atoms with Gasteiger partial charge in [-0.3, -0.25) is 24.4 Å². The van der Waals surface area contributed by atoms with Crippen LogP contribution in [0.4, 0.5) is 0 Å². The van der Waals surface area contributed by atoms with E-state index in [0.717, 1.165) is 27.3 Å². The molecule has 0 spiro atoms. The van der Waals surface area contributed by atoms with Gasteiger partial charge in [0.25, 0.3) is 17.0 Å². The second-order valence-corrected chi connectivity index (χ2v) is 9.83. The van der Waals surface area contributed by atoms with Crippen LogP contribution >= 0.6 is 34.8 Å². The molecule has 16 nitrogen and oxygen atoms in total. The smallest absolute Gasteiger partial charge is 0.356 e. The van der Waals surface area contributed by atoms with Gasteiger partial charge in [-0.1, -0.05) is 53.0 Å². The average Bonchev–Trinajstić information content (AvgIpc) is 2.99. The van der Waals surface area contributed by atoms with Gasteiger partial charge in [0.1, 0.15) is 18.1 Å². The predicted molar refractivity (Wildman–Crippen MR) is 161 cm³/mol. The topological polar surface area (TPSA) is 228 Å². The highest BCUT2D eigenvalue weighted by atomic mass is 35.5. The van der Waals surface area contributed by atoms with Crippen molar-refractivity contribution in [1.29, 1.82) is 0 Å². The monoisotopic (exact) mass is 673 g/mol. The average molecular weight is 675 g/mol. The molecule has 1 amide bonds. The summed E-state index contributed by atoms with van der Waals surface area (Å²) in [5, 5.41) is 19.5. The van der Waals surface area contributed by atoms with Crippen molar-refractivity contribution < 1.29 is 14.7 Å². The summed E-state index contributed by atoms with van der Waals surface area (Å²) < 4.78 is 1.61. The van der Waals surface area contributed by atoms with E-state index >= 15 is 0 Å². The molecule has 230 valence electrons. The number of hydrogen-bond donors (Lipinski definition) is 4. The molecule has 0 atom stereocenters. The highest BCUT2D eigenvalue weighted by Gasteiger charge is 2.16. The van der Waals surface area contributed by atoms with Gasteiger partial charge in [0.05, 0.1) is 10.0 Å². The minimum atomic E-state index is -1.33. The first-order chi connectivity index (χ1) is 21.4. The lowest BCUT2D eigenvalue weighted by Crippen LogP contribution is -2.32. The van der Waals surface area contributed by atoms with Crippen molar-refractivity contribution in [3.05, 3.63) is 135 Å². The van der Waals surface area contributed by atoms with E-state index in [1.54, 1.807) is 6.07 Å². The molecule has 45 heavy (non-hydrogen) atoms. The first-order valence-electron chi connectivity index (χ1n) is 12.4. The fourth-order valence-corrected chi connectivity index (χ4v) is 4.14. The number of nitrogens with zero attached hydrogens (tertiary/aromatic N) is 6. The van der Waals surface area contributed by atoms with Gasteiger partial charge >= 0.3 is 17.3 Å². The number of rotatable bonds is 7. The van der Waals surface area contributed by atoms with Gasteiger partial charge in [-0.05, 0) is 42.3 Å². The fourth-order valence-electron chi connectivity index (χ4n) is 3.54. The van der Waals surface area contributed by atoms with Gasteiger partial charge < -0.3 is 10.4 Å². The van der Waals surface area contributed by atoms with Crippen LogP contribution in [0.2, 0.25) is 15.1 Å². The number of aromatic nitrogens is 8. The van der Waals surface area contributed by atoms with Crippen LogP contribution in [0.5, 0.6) is 0 Å². The van der Waals surface area contributed by atoms with E-state index in [9.17, 15) is 28.8 Å². The van der Waals surface area contributed by atoms with E-state index in [2.05, 4.69) is 30.5 Å². The van der Waals surface area contributed by atoms with Crippen molar-refractivity contribution in [3.63, 3.8) is 0 Å². The largest absolute Gasteiger partial charge is 0.476 e. The number of hydrogen-bond acceptors (Lipinski definition) is 10. The molecular weight excluding hydrogens is 657 g/mol. The van der Waals surface area contributed by atoms with Crippen molar-refractivity contribution >= 4 is 46.7 Å². The minimum absolute atomic E-state index is 0.0527. The van der Waals surface area contributed by atoms with Crippen molar-refractivity contribution in [2.24, 2.45) is 0 Å². The Labute approximate surface area is 264 Å². The number of halogens is 3. The number of pyridine rings is 2. The van der Waals surface area contributed by atoms with Crippen LogP contribution in [0.1, 0.15) is 26.5 Å². The summed E-state index contributed by atoms with van der Waals surface area (Å²) in [6.07, 6.45) is 2.34. The number of carbonyl (C=O) groups is 2. The number of carboxylic acid groups (broad SMARTS) is 1. The molecule has 0 aliphatic heterocycles. The quantitative estimate of drug-likeness (QED) is 0.192. The summed E-state index contributed by atoms with van der Waals surface area (Å²) in [6, 6.07) is 12.7. The third-order valence-corrected chi connectivity index (χ3v) is 6.56. The molecule has 0 fully saturated rings. The number of aromatic amines is 2. The van der Waals surface area contributed by atoms with E-state index in [0.29, 0.717) is 18.0 Å². The van der Waals surface area contributed by atoms with E-state index in [-0.39, 0.29) is 27.4 Å². The van der Waals surface area contributed by atoms with Crippen LogP contribution in [-0.4, -0.2) is 63.0 Å². The minimum Gasteiger partial charge on any atom is -0.476 e. The van der Waals surface area contributed by atoms with Gasteiger partial charge in [-0.15, -0.1) is 0 Å². The Morgan fingerprint density at radius 1 is 0.733 bits per heavy atom. The molecular formula is C26H18Cl3N9O7. The van der Waals surface area contributed by atoms with E-state index in [4.69, 9.17) is 39.9 Å². The van der Waals surface area contributed by atoms with Crippen LogP contribution in [0.3, 0.4) is 0 Å². The normalized spacial score (nSPS) is 10.5. The molecule has 5 rings (SSSR count). The van der Waals surface area contributed by atoms with Crippen LogP contribution in [-0.2, 0) is 6.42 Å². The fraction of sp³-hybridized carbons (Fsp3) is 0.0769. The Hall–Kier alpha value is -5.45. The number of carboxylic acids is 1. The zero-order valence-corrected chi connectivity index (χ0v) is 24.7. The molecule has 4 N–H and O–H groups in total. The van der Waals surface area contributed by atoms with Gasteiger partial charge in [0.2, 0.25) is 0 Å². The molecule has 4 aromatic heterocycles. The molecule has 0 unspecified atom stereocenters. The zero-order valence-electron chi connectivity index (χ0n) is 22.4. The molecule has 1 aromatic carbocycles. The highest BCUT2D eigenvalue weighted by Crippen LogP contribution is 2.17. The maximum atomic E-state index is 12.4. The van der Waals surface area contributed by atoms with Gasteiger partial charge in [0, 0.05) is 11.6 Å². The van der Waals surface area contributed by atoms with Crippen molar-refractivity contribution in [2.45, 2.75) is 6.42 Å². The molecule has 0 aliphatic carbocycles. The first-order valence-corrected chi connectivity index (χ1v) is 13.5. The molecule has 4 heterocycles. The van der Waals surface area contributed by atoms with Crippen molar-refractivity contribution in [3.8, 4) is 11.6 Å². The second kappa shape index (κ2) is 14.3.